The molecule has 0 bridgehead atoms. The van der Waals surface area contributed by atoms with E-state index >= 15 is 0 Å². The van der Waals surface area contributed by atoms with Gasteiger partial charge in [-0.2, -0.15) is 5.26 Å². The summed E-state index contributed by atoms with van der Waals surface area (Å²) < 4.78 is 0. The number of aromatic carboxylic acids is 1. The van der Waals surface area contributed by atoms with Crippen LogP contribution in [0.25, 0.3) is 33.4 Å². The van der Waals surface area contributed by atoms with Crippen LogP contribution in [-0.4, -0.2) is 32.7 Å². The Hall–Kier alpha value is -4.44. The minimum atomic E-state index is -1.25. The molecule has 0 fully saturated rings. The van der Waals surface area contributed by atoms with Gasteiger partial charge in [-0.05, 0) is 37.0 Å². The largest absolute Gasteiger partial charge is 0.476 e. The first-order valence-electron chi connectivity index (χ1n) is 8.58. The highest BCUT2D eigenvalue weighted by molar-refractivity contribution is 5.94. The molecule has 0 aliphatic heterocycles. The maximum absolute atomic E-state index is 11.7. The third kappa shape index (κ3) is 3.31. The Labute approximate surface area is 165 Å². The number of pyridine rings is 1. The summed E-state index contributed by atoms with van der Waals surface area (Å²) in [5.74, 6) is -1.33. The molecule has 7 nitrogen and oxygen atoms in total. The number of carboxylic acids is 1. The molecule has 0 aliphatic rings. The Morgan fingerprint density at radius 3 is 2.59 bits per heavy atom. The summed E-state index contributed by atoms with van der Waals surface area (Å²) in [6.45, 7) is 3.41. The number of aliphatic imine (C=N–C) groups is 1. The van der Waals surface area contributed by atoms with Gasteiger partial charge < -0.3 is 5.11 Å². The van der Waals surface area contributed by atoms with Crippen molar-refractivity contribution >= 4 is 29.4 Å². The third-order valence-electron chi connectivity index (χ3n) is 4.37. The molecule has 0 saturated heterocycles. The van der Waals surface area contributed by atoms with Gasteiger partial charge in [0.1, 0.15) is 0 Å². The second-order valence-electron chi connectivity index (χ2n) is 6.16. The number of hydrogen-bond donors (Lipinski definition) is 1. The Morgan fingerprint density at radius 1 is 1.03 bits per heavy atom. The van der Waals surface area contributed by atoms with Crippen molar-refractivity contribution in [1.29, 1.82) is 5.26 Å². The number of rotatable bonds is 4. The van der Waals surface area contributed by atoms with E-state index in [1.807, 2.05) is 30.3 Å². The van der Waals surface area contributed by atoms with Crippen molar-refractivity contribution in [1.82, 2.24) is 15.0 Å². The molecule has 138 valence electrons. The number of carboxylic acid groups (broad SMARTS) is 1. The standard InChI is InChI=1S/C22H13N5O2/c1-24-21-20(22(28)29)26-18(16-7-8-17-14(11-16)6-3-9-25-17)19(27-21)15-5-2-4-13(10-15)12-23/h2-11H,1H2,(H,28,29). The van der Waals surface area contributed by atoms with Gasteiger partial charge in [0.2, 0.25) is 0 Å². The van der Waals surface area contributed by atoms with E-state index in [-0.39, 0.29) is 11.5 Å². The molecule has 0 unspecified atom stereocenters. The van der Waals surface area contributed by atoms with Crippen LogP contribution in [0.4, 0.5) is 5.82 Å². The minimum Gasteiger partial charge on any atom is -0.476 e. The summed E-state index contributed by atoms with van der Waals surface area (Å²) in [7, 11) is 0. The second-order valence-corrected chi connectivity index (χ2v) is 6.16. The van der Waals surface area contributed by atoms with Gasteiger partial charge in [0.05, 0.1) is 28.5 Å². The molecule has 0 radical (unpaired) electrons. The minimum absolute atomic E-state index is 0.0823. The Balaban J connectivity index is 2.03. The van der Waals surface area contributed by atoms with Gasteiger partial charge in [-0.1, -0.05) is 24.3 Å². The molecular weight excluding hydrogens is 366 g/mol. The molecule has 0 saturated carbocycles. The van der Waals surface area contributed by atoms with E-state index in [9.17, 15) is 15.2 Å². The van der Waals surface area contributed by atoms with Crippen LogP contribution in [-0.2, 0) is 0 Å². The van der Waals surface area contributed by atoms with Crippen molar-refractivity contribution in [2.75, 3.05) is 0 Å². The van der Waals surface area contributed by atoms with E-state index in [1.165, 1.54) is 0 Å². The Kier molecular flexibility index (Phi) is 4.51. The van der Waals surface area contributed by atoms with Crippen LogP contribution >= 0.6 is 0 Å². The fourth-order valence-corrected chi connectivity index (χ4v) is 3.04. The lowest BCUT2D eigenvalue weighted by Gasteiger charge is -2.12. The molecule has 29 heavy (non-hydrogen) atoms. The lowest BCUT2D eigenvalue weighted by atomic mass is 10.0. The highest BCUT2D eigenvalue weighted by atomic mass is 16.4. The number of fused-ring (bicyclic) bond motifs is 1. The van der Waals surface area contributed by atoms with Gasteiger partial charge in [-0.25, -0.2) is 19.8 Å². The number of hydrogen-bond acceptors (Lipinski definition) is 6. The van der Waals surface area contributed by atoms with Crippen molar-refractivity contribution in [2.45, 2.75) is 0 Å². The molecule has 2 aromatic heterocycles. The molecule has 7 heteroatoms. The molecule has 0 amide bonds. The molecule has 0 spiro atoms. The van der Waals surface area contributed by atoms with Crippen molar-refractivity contribution in [3.05, 3.63) is 72.1 Å². The molecule has 0 atom stereocenters. The zero-order valence-corrected chi connectivity index (χ0v) is 15.1. The van der Waals surface area contributed by atoms with Crippen molar-refractivity contribution in [3.63, 3.8) is 0 Å². The zero-order chi connectivity index (χ0) is 20.4. The SMILES string of the molecule is C=Nc1nc(-c2cccc(C#N)c2)c(-c2ccc3ncccc3c2)nc1C(=O)O. The zero-order valence-electron chi connectivity index (χ0n) is 15.1. The topological polar surface area (TPSA) is 112 Å². The van der Waals surface area contributed by atoms with E-state index in [0.717, 1.165) is 10.9 Å². The van der Waals surface area contributed by atoms with Crippen LogP contribution in [0.5, 0.6) is 0 Å². The predicted molar refractivity (Wildman–Crippen MR) is 109 cm³/mol. The van der Waals surface area contributed by atoms with Gasteiger partial charge in [-0.15, -0.1) is 0 Å². The van der Waals surface area contributed by atoms with Gasteiger partial charge >= 0.3 is 5.97 Å². The molecule has 2 heterocycles. The maximum atomic E-state index is 11.7. The van der Waals surface area contributed by atoms with Gasteiger partial charge in [0.25, 0.3) is 0 Å². The molecule has 1 N–H and O–H groups in total. The Morgan fingerprint density at radius 2 is 1.83 bits per heavy atom. The van der Waals surface area contributed by atoms with Crippen LogP contribution in [0.2, 0.25) is 0 Å². The predicted octanol–water partition coefficient (Wildman–Crippen LogP) is 4.26. The summed E-state index contributed by atoms with van der Waals surface area (Å²) in [5, 5.41) is 19.7. The van der Waals surface area contributed by atoms with Crippen LogP contribution in [0.15, 0.2) is 65.8 Å². The lowest BCUT2D eigenvalue weighted by molar-refractivity contribution is 0.0691. The van der Waals surface area contributed by atoms with E-state index in [2.05, 4.69) is 32.7 Å². The van der Waals surface area contributed by atoms with Crippen LogP contribution in [0, 0.1) is 11.3 Å². The maximum Gasteiger partial charge on any atom is 0.358 e. The van der Waals surface area contributed by atoms with Gasteiger partial charge in [0.15, 0.2) is 11.5 Å². The molecule has 0 aliphatic carbocycles. The summed E-state index contributed by atoms with van der Waals surface area (Å²) in [4.78, 5) is 28.5. The van der Waals surface area contributed by atoms with Crippen molar-refractivity contribution < 1.29 is 9.90 Å². The number of carbonyl (C=O) groups is 1. The summed E-state index contributed by atoms with van der Waals surface area (Å²) in [5.41, 5.74) is 3.05. The summed E-state index contributed by atoms with van der Waals surface area (Å²) in [6, 6.07) is 18.2. The number of aromatic nitrogens is 3. The highest BCUT2D eigenvalue weighted by Gasteiger charge is 2.20. The number of nitrogens with zero attached hydrogens (tertiary/aromatic N) is 5. The number of nitriles is 1. The van der Waals surface area contributed by atoms with Crippen molar-refractivity contribution in [2.24, 2.45) is 4.99 Å². The first kappa shape index (κ1) is 17.9. The normalized spacial score (nSPS) is 10.4. The van der Waals surface area contributed by atoms with E-state index in [0.29, 0.717) is 28.1 Å². The van der Waals surface area contributed by atoms with Crippen molar-refractivity contribution in [3.8, 4) is 28.6 Å². The quantitative estimate of drug-likeness (QED) is 0.530. The summed E-state index contributed by atoms with van der Waals surface area (Å²) in [6.07, 6.45) is 1.70. The molecule has 4 aromatic rings. The third-order valence-corrected chi connectivity index (χ3v) is 4.37. The van der Waals surface area contributed by atoms with Crippen LogP contribution in [0.1, 0.15) is 16.1 Å². The van der Waals surface area contributed by atoms with Crippen LogP contribution in [0.3, 0.4) is 0 Å². The van der Waals surface area contributed by atoms with E-state index in [4.69, 9.17) is 0 Å². The number of benzene rings is 2. The first-order chi connectivity index (χ1) is 14.1. The fraction of sp³-hybridized carbons (Fsp3) is 0. The smallest absolute Gasteiger partial charge is 0.358 e. The fourth-order valence-electron chi connectivity index (χ4n) is 3.04. The van der Waals surface area contributed by atoms with Gasteiger partial charge in [0, 0.05) is 22.7 Å². The second kappa shape index (κ2) is 7.29. The Bertz CT molecular complexity index is 1320. The molecule has 2 aromatic carbocycles. The van der Waals surface area contributed by atoms with Gasteiger partial charge in [-0.3, -0.25) is 4.98 Å². The molecule has 4 rings (SSSR count). The summed E-state index contributed by atoms with van der Waals surface area (Å²) >= 11 is 0. The molecular formula is C22H13N5O2. The van der Waals surface area contributed by atoms with Crippen LogP contribution < -0.4 is 0 Å². The van der Waals surface area contributed by atoms with E-state index in [1.54, 1.807) is 30.5 Å². The first-order valence-corrected chi connectivity index (χ1v) is 8.58. The lowest BCUT2D eigenvalue weighted by Crippen LogP contribution is -2.06. The average molecular weight is 379 g/mol. The monoisotopic (exact) mass is 379 g/mol. The average Bonchev–Trinajstić information content (AvgIpc) is 2.77. The highest BCUT2D eigenvalue weighted by Crippen LogP contribution is 2.33. The van der Waals surface area contributed by atoms with E-state index < -0.39 is 5.97 Å².